The monoisotopic (exact) mass is 312 g/mol. The molecule has 2 unspecified atom stereocenters. The average Bonchev–Trinajstić information content (AvgIpc) is 2.44. The molecule has 2 atom stereocenters. The van der Waals surface area contributed by atoms with Gasteiger partial charge in [0.05, 0.1) is 19.2 Å². The predicted molar refractivity (Wildman–Crippen MR) is 83.4 cm³/mol. The molecule has 0 bridgehead atoms. The van der Waals surface area contributed by atoms with Crippen LogP contribution in [0.25, 0.3) is 0 Å². The Balaban J connectivity index is 2.33. The molecule has 0 radical (unpaired) electrons. The Bertz CT molecular complexity index is 468. The van der Waals surface area contributed by atoms with Crippen LogP contribution in [0.1, 0.15) is 27.2 Å². The summed E-state index contributed by atoms with van der Waals surface area (Å²) < 4.78 is 18.5. The van der Waals surface area contributed by atoms with Crippen molar-refractivity contribution in [3.8, 4) is 5.75 Å². The minimum Gasteiger partial charge on any atom is -0.489 e. The van der Waals surface area contributed by atoms with Crippen molar-refractivity contribution in [2.24, 2.45) is 5.92 Å². The van der Waals surface area contributed by atoms with Crippen molar-refractivity contribution in [1.29, 1.82) is 0 Å². The summed E-state index contributed by atoms with van der Waals surface area (Å²) in [4.78, 5) is 11.8. The van der Waals surface area contributed by atoms with E-state index in [0.717, 1.165) is 0 Å². The minimum atomic E-state index is -0.366. The fourth-order valence-corrected chi connectivity index (χ4v) is 2.04. The van der Waals surface area contributed by atoms with Gasteiger partial charge in [0.1, 0.15) is 17.7 Å². The first-order valence-corrected chi connectivity index (χ1v) is 7.48. The van der Waals surface area contributed by atoms with E-state index in [0.29, 0.717) is 18.1 Å². The Hall–Kier alpha value is -1.82. The summed E-state index contributed by atoms with van der Waals surface area (Å²) in [5.74, 6) is 0.435. The number of aliphatic hydroxyl groups is 1. The van der Waals surface area contributed by atoms with E-state index in [1.165, 1.54) is 12.1 Å². The summed E-state index contributed by atoms with van der Waals surface area (Å²) in [6, 6.07) is 5.24. The van der Waals surface area contributed by atoms with Gasteiger partial charge < -0.3 is 20.5 Å². The standard InChI is InChI=1S/C16H25FN2O3/c1-11(2)7-14(10-20)19-16(21)18-9-12(3)22-15-6-4-5-13(17)8-15/h4-6,8,11-12,14,20H,7,9-10H2,1-3H3,(H2,18,19,21). The first-order chi connectivity index (χ1) is 10.4. The van der Waals surface area contributed by atoms with Crippen molar-refractivity contribution in [1.82, 2.24) is 10.6 Å². The molecule has 3 N–H and O–H groups in total. The molecule has 0 heterocycles. The highest BCUT2D eigenvalue weighted by Gasteiger charge is 2.13. The number of carbonyl (C=O) groups is 1. The fourth-order valence-electron chi connectivity index (χ4n) is 2.04. The number of urea groups is 1. The number of benzene rings is 1. The van der Waals surface area contributed by atoms with Crippen molar-refractivity contribution in [3.63, 3.8) is 0 Å². The van der Waals surface area contributed by atoms with E-state index in [1.807, 2.05) is 13.8 Å². The molecule has 1 aromatic rings. The number of amides is 2. The van der Waals surface area contributed by atoms with Crippen LogP contribution in [0.5, 0.6) is 5.75 Å². The molecule has 0 aliphatic rings. The molecule has 0 saturated carbocycles. The largest absolute Gasteiger partial charge is 0.489 e. The molecule has 0 fully saturated rings. The van der Waals surface area contributed by atoms with Crippen molar-refractivity contribution in [2.75, 3.05) is 13.2 Å². The number of aliphatic hydroxyl groups excluding tert-OH is 1. The van der Waals surface area contributed by atoms with Gasteiger partial charge in [0.2, 0.25) is 0 Å². The number of hydrogen-bond acceptors (Lipinski definition) is 3. The van der Waals surface area contributed by atoms with E-state index in [2.05, 4.69) is 10.6 Å². The molecule has 6 heteroatoms. The van der Waals surface area contributed by atoms with Crippen LogP contribution in [0.3, 0.4) is 0 Å². The lowest BCUT2D eigenvalue weighted by Gasteiger charge is -2.20. The zero-order valence-corrected chi connectivity index (χ0v) is 13.3. The van der Waals surface area contributed by atoms with Crippen molar-refractivity contribution in [2.45, 2.75) is 39.3 Å². The number of rotatable bonds is 8. The van der Waals surface area contributed by atoms with Gasteiger partial charge in [-0.1, -0.05) is 19.9 Å². The Labute approximate surface area is 130 Å². The molecule has 0 aromatic heterocycles. The highest BCUT2D eigenvalue weighted by molar-refractivity contribution is 5.74. The first kappa shape index (κ1) is 18.2. The van der Waals surface area contributed by atoms with E-state index in [1.54, 1.807) is 19.1 Å². The number of hydrogen-bond donors (Lipinski definition) is 3. The average molecular weight is 312 g/mol. The third-order valence-corrected chi connectivity index (χ3v) is 2.99. The van der Waals surface area contributed by atoms with E-state index < -0.39 is 0 Å². The summed E-state index contributed by atoms with van der Waals surface area (Å²) in [6.07, 6.45) is 0.407. The van der Waals surface area contributed by atoms with Crippen LogP contribution in [-0.4, -0.2) is 36.4 Å². The summed E-state index contributed by atoms with van der Waals surface area (Å²) in [5.41, 5.74) is 0. The summed E-state index contributed by atoms with van der Waals surface area (Å²) in [5, 5.41) is 14.6. The van der Waals surface area contributed by atoms with Gasteiger partial charge in [-0.05, 0) is 31.4 Å². The lowest BCUT2D eigenvalue weighted by atomic mass is 10.0. The maximum Gasteiger partial charge on any atom is 0.315 e. The van der Waals surface area contributed by atoms with Gasteiger partial charge in [0, 0.05) is 6.07 Å². The lowest BCUT2D eigenvalue weighted by Crippen LogP contribution is -2.46. The van der Waals surface area contributed by atoms with Crippen molar-refractivity contribution < 1.29 is 19.0 Å². The smallest absolute Gasteiger partial charge is 0.315 e. The van der Waals surface area contributed by atoms with Crippen molar-refractivity contribution in [3.05, 3.63) is 30.1 Å². The predicted octanol–water partition coefficient (Wildman–Crippen LogP) is 2.30. The maximum atomic E-state index is 13.0. The highest BCUT2D eigenvalue weighted by Crippen LogP contribution is 2.13. The van der Waals surface area contributed by atoms with E-state index in [9.17, 15) is 14.3 Å². The molecule has 22 heavy (non-hydrogen) atoms. The molecular weight excluding hydrogens is 287 g/mol. The van der Waals surface area contributed by atoms with Gasteiger partial charge in [0.25, 0.3) is 0 Å². The van der Waals surface area contributed by atoms with E-state index in [-0.39, 0.29) is 37.1 Å². The number of halogens is 1. The van der Waals surface area contributed by atoms with Gasteiger partial charge in [-0.25, -0.2) is 9.18 Å². The second-order valence-corrected chi connectivity index (χ2v) is 5.75. The molecule has 0 saturated heterocycles. The number of carbonyl (C=O) groups excluding carboxylic acids is 1. The van der Waals surface area contributed by atoms with Crippen LogP contribution in [-0.2, 0) is 0 Å². The fraction of sp³-hybridized carbons (Fsp3) is 0.562. The van der Waals surface area contributed by atoms with Gasteiger partial charge in [-0.15, -0.1) is 0 Å². The van der Waals surface area contributed by atoms with Gasteiger partial charge in [-0.2, -0.15) is 0 Å². The summed E-state index contributed by atoms with van der Waals surface area (Å²) in [6.45, 7) is 6.01. The molecule has 1 aromatic carbocycles. The molecular formula is C16H25FN2O3. The lowest BCUT2D eigenvalue weighted by molar-refractivity contribution is 0.194. The van der Waals surface area contributed by atoms with Crippen LogP contribution in [0.4, 0.5) is 9.18 Å². The van der Waals surface area contributed by atoms with Crippen LogP contribution in [0, 0.1) is 11.7 Å². The third-order valence-electron chi connectivity index (χ3n) is 2.99. The third kappa shape index (κ3) is 7.26. The molecule has 0 aliphatic carbocycles. The maximum absolute atomic E-state index is 13.0. The molecule has 2 amide bonds. The minimum absolute atomic E-state index is 0.0963. The molecule has 124 valence electrons. The van der Waals surface area contributed by atoms with Crippen LogP contribution in [0.2, 0.25) is 0 Å². The highest BCUT2D eigenvalue weighted by atomic mass is 19.1. The summed E-state index contributed by atoms with van der Waals surface area (Å²) in [7, 11) is 0. The zero-order valence-electron chi connectivity index (χ0n) is 13.3. The van der Waals surface area contributed by atoms with E-state index >= 15 is 0 Å². The van der Waals surface area contributed by atoms with Crippen molar-refractivity contribution >= 4 is 6.03 Å². The van der Waals surface area contributed by atoms with Gasteiger partial charge in [-0.3, -0.25) is 0 Å². The molecule has 0 spiro atoms. The molecule has 0 aliphatic heterocycles. The Morgan fingerprint density at radius 3 is 2.68 bits per heavy atom. The topological polar surface area (TPSA) is 70.6 Å². The Morgan fingerprint density at radius 1 is 1.36 bits per heavy atom. The van der Waals surface area contributed by atoms with E-state index in [4.69, 9.17) is 4.74 Å². The first-order valence-electron chi connectivity index (χ1n) is 7.48. The van der Waals surface area contributed by atoms with Gasteiger partial charge in [0.15, 0.2) is 0 Å². The number of ether oxygens (including phenoxy) is 1. The summed E-state index contributed by atoms with van der Waals surface area (Å²) >= 11 is 0. The SMILES string of the molecule is CC(C)CC(CO)NC(=O)NCC(C)Oc1cccc(F)c1. The Morgan fingerprint density at radius 2 is 2.09 bits per heavy atom. The van der Waals surface area contributed by atoms with Crippen LogP contribution in [0.15, 0.2) is 24.3 Å². The van der Waals surface area contributed by atoms with Gasteiger partial charge >= 0.3 is 6.03 Å². The second kappa shape index (κ2) is 9.25. The normalized spacial score (nSPS) is 13.5. The molecule has 5 nitrogen and oxygen atoms in total. The Kier molecular flexibility index (Phi) is 7.66. The zero-order chi connectivity index (χ0) is 16.5. The van der Waals surface area contributed by atoms with Crippen LogP contribution >= 0.6 is 0 Å². The molecule has 1 rings (SSSR count). The second-order valence-electron chi connectivity index (χ2n) is 5.75. The number of nitrogens with one attached hydrogen (secondary N) is 2. The van der Waals surface area contributed by atoms with Crippen LogP contribution < -0.4 is 15.4 Å². The quantitative estimate of drug-likeness (QED) is 0.690.